The lowest BCUT2D eigenvalue weighted by Gasteiger charge is -2.26. The van der Waals surface area contributed by atoms with Crippen LogP contribution in [0, 0.1) is 81.3 Å². The third kappa shape index (κ3) is 25.9. The molecule has 24 nitrogen and oxygen atoms in total. The monoisotopic (exact) mass is 1490 g/mol. The molecule has 0 radical (unpaired) electrons. The number of rotatable bonds is 37. The predicted octanol–water partition coefficient (Wildman–Crippen LogP) is 13.8. The smallest absolute Gasteiger partial charge is 0.465 e. The molecule has 0 aliphatic heterocycles. The minimum Gasteiger partial charge on any atom is -0.465 e. The Morgan fingerprint density at radius 2 is 1.02 bits per heavy atom. The summed E-state index contributed by atoms with van der Waals surface area (Å²) < 4.78 is 145. The van der Waals surface area contributed by atoms with E-state index in [1.54, 1.807) is 77.4 Å². The number of nitrogens with zero attached hydrogens (tertiary/aromatic N) is 4. The molecular weight excluding hydrogens is 1390 g/mol. The maximum atomic E-state index is 14.6. The van der Waals surface area contributed by atoms with Gasteiger partial charge in [-0.2, -0.15) is 23.8 Å². The lowest BCUT2D eigenvalue weighted by atomic mass is 9.99. The molecule has 2 aliphatic carbocycles. The first kappa shape index (κ1) is 85.4. The second-order valence-corrected chi connectivity index (χ2v) is 30.4. The van der Waals surface area contributed by atoms with Gasteiger partial charge in [0.15, 0.2) is 0 Å². The van der Waals surface area contributed by atoms with Gasteiger partial charge >= 0.3 is 50.6 Å². The van der Waals surface area contributed by atoms with Gasteiger partial charge in [0.25, 0.3) is 0 Å². The molecule has 103 heavy (non-hydrogen) atoms. The average Bonchev–Trinajstić information content (AvgIpc) is 1.68. The van der Waals surface area contributed by atoms with Crippen molar-refractivity contribution in [3.05, 3.63) is 146 Å². The first-order chi connectivity index (χ1) is 48.6. The summed E-state index contributed by atoms with van der Waals surface area (Å²) in [5.74, 6) is -15.9. The lowest BCUT2D eigenvalue weighted by molar-refractivity contribution is -0.151. The highest BCUT2D eigenvalue weighted by Crippen LogP contribution is 2.59. The second kappa shape index (κ2) is 39.6. The molecule has 7 atom stereocenters. The van der Waals surface area contributed by atoms with Gasteiger partial charge in [-0.15, -0.1) is 0 Å². The number of nitrogen functional groups attached to an aromatic ring is 2. The number of hydrogen-bond donors (Lipinski definition) is 4. The zero-order valence-electron chi connectivity index (χ0n) is 60.4. The fourth-order valence-corrected chi connectivity index (χ4v) is 13.5. The van der Waals surface area contributed by atoms with Gasteiger partial charge in [-0.25, -0.2) is 31.9 Å². The number of carbonyl (C=O) groups is 4. The average molecular weight is 1490 g/mol. The Bertz CT molecular complexity index is 3910. The van der Waals surface area contributed by atoms with Gasteiger partial charge in [-0.1, -0.05) is 145 Å². The largest absolute Gasteiger partial charge is 0.513 e. The van der Waals surface area contributed by atoms with E-state index in [4.69, 9.17) is 48.5 Å². The van der Waals surface area contributed by atoms with Crippen LogP contribution < -0.4 is 41.5 Å². The van der Waals surface area contributed by atoms with Crippen molar-refractivity contribution >= 4 is 63.3 Å². The standard InChI is InChI=1S/C34H50N3O8P.C24H29F5NO5P.C14H19N3O4/c1-7-25(6)31(38)43-22-34(18-28(34)19-37-16-15-30(35)36-33(37)40)23-44-46(41,45-29-13-11-10-12-14-29)21-27(17-24(4)5)32(39)42-20-26(8-2)9-3;1-5-15(6-2)13-33-24(31)17(12-14(3)4)30-36(32,34-16-10-8-7-9-11-16)35-23-21(28)19(26)18(25)20(27)22(23)29;1-9(2)12(19)21-8-14(7-18)5-10(14)6-17-4-3-11(15)16-13(17)20/h10-16,19,24-27H,7-9,17-18,20-23H2,1-6H3,(H2,35,36,40);7-11,14-15,17H,5-6,12-13H2,1-4H3,(H,30,32);3-4,6,9,18H,5,7-8H2,1-2H3,(H2,15,16,20)/b28-19-;;10-6-/t25?,27-,34?,46+;17-,36-;/m10./s1. The van der Waals surface area contributed by atoms with Gasteiger partial charge in [0.05, 0.1) is 61.2 Å². The van der Waals surface area contributed by atoms with Crippen molar-refractivity contribution in [1.29, 1.82) is 0 Å². The van der Waals surface area contributed by atoms with E-state index in [0.29, 0.717) is 38.0 Å². The summed E-state index contributed by atoms with van der Waals surface area (Å²) in [6, 6.07) is 17.5. The van der Waals surface area contributed by atoms with Gasteiger partial charge in [-0.3, -0.25) is 32.8 Å². The van der Waals surface area contributed by atoms with Gasteiger partial charge in [0.1, 0.15) is 42.4 Å². The van der Waals surface area contributed by atoms with Crippen molar-refractivity contribution in [3.8, 4) is 17.2 Å². The van der Waals surface area contributed by atoms with E-state index in [-0.39, 0.29) is 110 Å². The van der Waals surface area contributed by atoms with E-state index in [0.717, 1.165) is 36.8 Å². The van der Waals surface area contributed by atoms with Crippen LogP contribution in [0.5, 0.6) is 17.2 Å². The normalized spacial score (nSPS) is 18.2. The molecule has 0 spiro atoms. The van der Waals surface area contributed by atoms with Crippen LogP contribution in [-0.2, 0) is 51.8 Å². The van der Waals surface area contributed by atoms with Crippen LogP contribution in [0.15, 0.2) is 106 Å². The molecule has 5 aromatic rings. The Labute approximate surface area is 597 Å². The van der Waals surface area contributed by atoms with E-state index >= 15 is 0 Å². The highest BCUT2D eigenvalue weighted by Gasteiger charge is 2.53. The molecule has 2 aromatic heterocycles. The molecular formula is C72H98F5N7O17P2. The number of aromatic nitrogens is 4. The fraction of sp³-hybridized carbons (Fsp3) is 0.528. The highest BCUT2D eigenvalue weighted by atomic mass is 31.2. The molecule has 2 fully saturated rings. The first-order valence-corrected chi connectivity index (χ1v) is 37.6. The molecule has 568 valence electrons. The Kier molecular flexibility index (Phi) is 32.8. The van der Waals surface area contributed by atoms with Crippen molar-refractivity contribution in [3.63, 3.8) is 0 Å². The number of halogens is 5. The number of para-hydroxylation sites is 2. The van der Waals surface area contributed by atoms with Crippen molar-refractivity contribution < 1.29 is 92.4 Å². The highest BCUT2D eigenvalue weighted by molar-refractivity contribution is 7.54. The van der Waals surface area contributed by atoms with Crippen molar-refractivity contribution in [2.75, 3.05) is 57.3 Å². The number of ether oxygens (including phenoxy) is 4. The quantitative estimate of drug-likeness (QED) is 0.00716. The summed E-state index contributed by atoms with van der Waals surface area (Å²) >= 11 is 0. The molecule has 0 amide bonds. The molecule has 0 saturated heterocycles. The van der Waals surface area contributed by atoms with Gasteiger partial charge in [0, 0.05) is 24.8 Å². The molecule has 2 saturated carbocycles. The SMILES string of the molecule is CC(C)C(=O)OCC1(CO)C/C1=C/n1ccc(N)nc1=O.CCC(CC)COC(=O)[C@H](CC(C)C)C[P@](=O)(OCC1(COC(=O)C(C)CC)C/C1=C/n1ccc(N)nc1=O)Oc1ccccc1.CCC(CC)COC(=O)[C@H](CC(C)C)N[P@](=O)(Oc1ccccc1)Oc1c(F)c(F)c(F)c(F)c1F. The predicted molar refractivity (Wildman–Crippen MR) is 378 cm³/mol. The number of aliphatic hydroxyl groups excluding tert-OH is 1. The Morgan fingerprint density at radius 3 is 1.48 bits per heavy atom. The lowest BCUT2D eigenvalue weighted by Crippen LogP contribution is -2.40. The number of carbonyl (C=O) groups excluding carboxylic acids is 4. The van der Waals surface area contributed by atoms with Crippen molar-refractivity contribution in [1.82, 2.24) is 24.2 Å². The zero-order valence-corrected chi connectivity index (χ0v) is 62.2. The van der Waals surface area contributed by atoms with Crippen LogP contribution in [0.4, 0.5) is 33.6 Å². The van der Waals surface area contributed by atoms with E-state index in [1.807, 2.05) is 40.7 Å². The van der Waals surface area contributed by atoms with Crippen LogP contribution in [0.25, 0.3) is 12.4 Å². The fourth-order valence-electron chi connectivity index (χ4n) is 10.0. The molecule has 2 aliphatic rings. The number of aliphatic hydroxyl groups is 1. The summed E-state index contributed by atoms with van der Waals surface area (Å²) in [5.41, 5.74) is 10.2. The van der Waals surface area contributed by atoms with Crippen molar-refractivity contribution in [2.45, 2.75) is 147 Å². The maximum Gasteiger partial charge on any atom is 0.513 e. The van der Waals surface area contributed by atoms with E-state index in [1.165, 1.54) is 57.9 Å². The Balaban J connectivity index is 0.000000297. The summed E-state index contributed by atoms with van der Waals surface area (Å²) in [6.45, 7) is 22.8. The number of nitrogens with one attached hydrogen (secondary N) is 1. The Hall–Kier alpha value is -8.23. The molecule has 2 heterocycles. The van der Waals surface area contributed by atoms with E-state index in [2.05, 4.69) is 28.9 Å². The molecule has 31 heteroatoms. The third-order valence-electron chi connectivity index (χ3n) is 17.2. The summed E-state index contributed by atoms with van der Waals surface area (Å²) in [7, 11) is -8.97. The summed E-state index contributed by atoms with van der Waals surface area (Å²) in [5, 5.41) is 11.8. The van der Waals surface area contributed by atoms with Crippen LogP contribution in [-0.4, -0.2) is 99.9 Å². The van der Waals surface area contributed by atoms with Crippen LogP contribution in [0.2, 0.25) is 0 Å². The molecule has 3 unspecified atom stereocenters. The maximum absolute atomic E-state index is 14.6. The molecule has 0 bridgehead atoms. The Morgan fingerprint density at radius 1 is 0.573 bits per heavy atom. The molecule has 6 N–H and O–H groups in total. The van der Waals surface area contributed by atoms with Gasteiger partial charge in [-0.05, 0) is 103 Å². The number of nitrogens with two attached hydrogens (primary N) is 2. The van der Waals surface area contributed by atoms with E-state index in [9.17, 15) is 65.0 Å². The van der Waals surface area contributed by atoms with Crippen LogP contribution >= 0.6 is 15.3 Å². The second-order valence-electron chi connectivity index (χ2n) is 26.8. The number of anilines is 2. The van der Waals surface area contributed by atoms with Crippen LogP contribution in [0.3, 0.4) is 0 Å². The molecule has 7 rings (SSSR count). The minimum atomic E-state index is -4.99. The number of esters is 4. The first-order valence-electron chi connectivity index (χ1n) is 34.3. The van der Waals surface area contributed by atoms with Gasteiger partial charge < -0.3 is 49.1 Å². The number of hydrogen-bond acceptors (Lipinski definition) is 21. The zero-order chi connectivity index (χ0) is 76.6. The number of benzene rings is 3. The van der Waals surface area contributed by atoms with E-state index < -0.39 is 96.3 Å². The summed E-state index contributed by atoms with van der Waals surface area (Å²) in [6.07, 6.45) is 11.4. The van der Waals surface area contributed by atoms with Gasteiger partial charge in [0.2, 0.25) is 34.8 Å². The third-order valence-corrected chi connectivity index (χ3v) is 20.6. The molecule has 3 aromatic carbocycles. The topological polar surface area (TPSA) is 330 Å². The minimum absolute atomic E-state index is 0.0321. The van der Waals surface area contributed by atoms with Crippen LogP contribution in [0.1, 0.15) is 141 Å². The summed E-state index contributed by atoms with van der Waals surface area (Å²) in [4.78, 5) is 81.8. The van der Waals surface area contributed by atoms with Crippen molar-refractivity contribution in [2.24, 2.45) is 52.3 Å².